The summed E-state index contributed by atoms with van der Waals surface area (Å²) < 4.78 is 0. The molecule has 0 aliphatic carbocycles. The molecule has 1 aromatic carbocycles. The highest BCUT2D eigenvalue weighted by Crippen LogP contribution is 2.10. The fourth-order valence-electron chi connectivity index (χ4n) is 2.90. The number of nitrogens with zero attached hydrogens (tertiary/aromatic N) is 2. The van der Waals surface area contributed by atoms with Crippen molar-refractivity contribution in [3.63, 3.8) is 0 Å². The van der Waals surface area contributed by atoms with Gasteiger partial charge in [0.05, 0.1) is 0 Å². The van der Waals surface area contributed by atoms with E-state index in [-0.39, 0.29) is 5.91 Å². The number of aryl methyl sites for hydroxylation is 2. The highest BCUT2D eigenvalue weighted by molar-refractivity contribution is 5.76. The SMILES string of the molecule is Cc1cccc(CCC(=O)N2CCCN(CCN)CC2)c1. The molecule has 116 valence electrons. The van der Waals surface area contributed by atoms with Gasteiger partial charge in [0.2, 0.25) is 5.91 Å². The van der Waals surface area contributed by atoms with E-state index in [1.165, 1.54) is 11.1 Å². The number of hydrogen-bond acceptors (Lipinski definition) is 3. The van der Waals surface area contributed by atoms with E-state index in [0.717, 1.165) is 45.6 Å². The summed E-state index contributed by atoms with van der Waals surface area (Å²) in [5, 5.41) is 0. The predicted octanol–water partition coefficient (Wildman–Crippen LogP) is 1.42. The summed E-state index contributed by atoms with van der Waals surface area (Å²) in [5.74, 6) is 0.283. The van der Waals surface area contributed by atoms with Crippen LogP contribution in [0, 0.1) is 6.92 Å². The lowest BCUT2D eigenvalue weighted by atomic mass is 10.1. The van der Waals surface area contributed by atoms with E-state index in [4.69, 9.17) is 5.73 Å². The van der Waals surface area contributed by atoms with Gasteiger partial charge in [0.1, 0.15) is 0 Å². The van der Waals surface area contributed by atoms with E-state index in [2.05, 4.69) is 36.1 Å². The molecule has 4 nitrogen and oxygen atoms in total. The summed E-state index contributed by atoms with van der Waals surface area (Å²) in [7, 11) is 0. The molecule has 0 unspecified atom stereocenters. The Kier molecular flexibility index (Phi) is 6.21. The maximum atomic E-state index is 12.4. The second-order valence-corrected chi connectivity index (χ2v) is 5.85. The molecule has 1 fully saturated rings. The van der Waals surface area contributed by atoms with Crippen LogP contribution < -0.4 is 5.73 Å². The third-order valence-electron chi connectivity index (χ3n) is 4.10. The number of rotatable bonds is 5. The molecular weight excluding hydrogens is 262 g/mol. The number of benzene rings is 1. The Morgan fingerprint density at radius 3 is 2.86 bits per heavy atom. The van der Waals surface area contributed by atoms with Crippen molar-refractivity contribution in [2.45, 2.75) is 26.2 Å². The lowest BCUT2D eigenvalue weighted by Crippen LogP contribution is -2.36. The number of nitrogens with two attached hydrogens (primary N) is 1. The fourth-order valence-corrected chi connectivity index (χ4v) is 2.90. The zero-order valence-corrected chi connectivity index (χ0v) is 13.1. The lowest BCUT2D eigenvalue weighted by Gasteiger charge is -2.21. The molecule has 0 aromatic heterocycles. The van der Waals surface area contributed by atoms with Crippen LogP contribution in [0.5, 0.6) is 0 Å². The maximum Gasteiger partial charge on any atom is 0.222 e. The fraction of sp³-hybridized carbons (Fsp3) is 0.588. The minimum atomic E-state index is 0.283. The van der Waals surface area contributed by atoms with Crippen LogP contribution in [0.25, 0.3) is 0 Å². The molecule has 2 rings (SSSR count). The largest absolute Gasteiger partial charge is 0.341 e. The van der Waals surface area contributed by atoms with Crippen LogP contribution in [-0.2, 0) is 11.2 Å². The van der Waals surface area contributed by atoms with Crippen LogP contribution in [0.1, 0.15) is 24.0 Å². The first-order chi connectivity index (χ1) is 10.2. The van der Waals surface area contributed by atoms with Crippen LogP contribution >= 0.6 is 0 Å². The molecule has 1 aromatic rings. The van der Waals surface area contributed by atoms with Gasteiger partial charge in [-0.15, -0.1) is 0 Å². The van der Waals surface area contributed by atoms with E-state index in [9.17, 15) is 4.79 Å². The van der Waals surface area contributed by atoms with Gasteiger partial charge in [-0.05, 0) is 31.9 Å². The van der Waals surface area contributed by atoms with Crippen molar-refractivity contribution >= 4 is 5.91 Å². The van der Waals surface area contributed by atoms with E-state index >= 15 is 0 Å². The molecule has 1 heterocycles. The van der Waals surface area contributed by atoms with Crippen LogP contribution in [0.4, 0.5) is 0 Å². The molecule has 2 N–H and O–H groups in total. The van der Waals surface area contributed by atoms with Crippen LogP contribution in [0.2, 0.25) is 0 Å². The average molecular weight is 289 g/mol. The molecule has 1 aliphatic heterocycles. The van der Waals surface area contributed by atoms with Crippen molar-refractivity contribution < 1.29 is 4.79 Å². The van der Waals surface area contributed by atoms with Gasteiger partial charge in [-0.3, -0.25) is 4.79 Å². The molecule has 4 heteroatoms. The molecule has 1 amide bonds. The molecule has 0 saturated carbocycles. The summed E-state index contributed by atoms with van der Waals surface area (Å²) >= 11 is 0. The number of hydrogen-bond donors (Lipinski definition) is 1. The number of amides is 1. The maximum absolute atomic E-state index is 12.4. The molecule has 1 saturated heterocycles. The summed E-state index contributed by atoms with van der Waals surface area (Å²) in [6, 6.07) is 8.42. The van der Waals surface area contributed by atoms with E-state index < -0.39 is 0 Å². The second kappa shape index (κ2) is 8.15. The van der Waals surface area contributed by atoms with Gasteiger partial charge in [-0.2, -0.15) is 0 Å². The minimum absolute atomic E-state index is 0.283. The first-order valence-electron chi connectivity index (χ1n) is 7.95. The van der Waals surface area contributed by atoms with E-state index in [1.807, 2.05) is 4.90 Å². The second-order valence-electron chi connectivity index (χ2n) is 5.85. The molecule has 0 radical (unpaired) electrons. The Balaban J connectivity index is 1.80. The Labute approximate surface area is 127 Å². The Morgan fingerprint density at radius 1 is 1.24 bits per heavy atom. The summed E-state index contributed by atoms with van der Waals surface area (Å²) in [6.07, 6.45) is 2.50. The average Bonchev–Trinajstić information content (AvgIpc) is 2.71. The van der Waals surface area contributed by atoms with Crippen LogP contribution in [0.15, 0.2) is 24.3 Å². The molecule has 0 atom stereocenters. The highest BCUT2D eigenvalue weighted by Gasteiger charge is 2.18. The third-order valence-corrected chi connectivity index (χ3v) is 4.10. The first kappa shape index (κ1) is 16.0. The zero-order valence-electron chi connectivity index (χ0n) is 13.1. The van der Waals surface area contributed by atoms with Gasteiger partial charge < -0.3 is 15.5 Å². The molecule has 0 bridgehead atoms. The quantitative estimate of drug-likeness (QED) is 0.892. The van der Waals surface area contributed by atoms with Crippen molar-refractivity contribution in [1.29, 1.82) is 0 Å². The Hall–Kier alpha value is -1.39. The summed E-state index contributed by atoms with van der Waals surface area (Å²) in [4.78, 5) is 16.7. The Bertz CT molecular complexity index is 461. The number of carbonyl (C=O) groups excluding carboxylic acids is 1. The monoisotopic (exact) mass is 289 g/mol. The van der Waals surface area contributed by atoms with Crippen LogP contribution in [0.3, 0.4) is 0 Å². The third kappa shape index (κ3) is 5.14. The van der Waals surface area contributed by atoms with Crippen molar-refractivity contribution in [2.75, 3.05) is 39.3 Å². The number of carbonyl (C=O) groups is 1. The standard InChI is InChI=1S/C17H27N3O/c1-15-4-2-5-16(14-15)6-7-17(21)20-10-3-9-19(11-8-18)12-13-20/h2,4-5,14H,3,6-13,18H2,1H3. The van der Waals surface area contributed by atoms with Gasteiger partial charge in [0, 0.05) is 39.1 Å². The topological polar surface area (TPSA) is 49.6 Å². The van der Waals surface area contributed by atoms with Crippen molar-refractivity contribution in [3.05, 3.63) is 35.4 Å². The van der Waals surface area contributed by atoms with Gasteiger partial charge in [0.15, 0.2) is 0 Å². The first-order valence-corrected chi connectivity index (χ1v) is 7.95. The molecule has 0 spiro atoms. The smallest absolute Gasteiger partial charge is 0.222 e. The molecular formula is C17H27N3O. The highest BCUT2D eigenvalue weighted by atomic mass is 16.2. The lowest BCUT2D eigenvalue weighted by molar-refractivity contribution is -0.131. The minimum Gasteiger partial charge on any atom is -0.341 e. The summed E-state index contributed by atoms with van der Waals surface area (Å²) in [5.41, 5.74) is 8.12. The predicted molar refractivity (Wildman–Crippen MR) is 86.2 cm³/mol. The summed E-state index contributed by atoms with van der Waals surface area (Å²) in [6.45, 7) is 7.45. The van der Waals surface area contributed by atoms with Crippen LogP contribution in [-0.4, -0.2) is 55.0 Å². The van der Waals surface area contributed by atoms with E-state index in [0.29, 0.717) is 13.0 Å². The van der Waals surface area contributed by atoms with Crippen molar-refractivity contribution in [2.24, 2.45) is 5.73 Å². The van der Waals surface area contributed by atoms with Gasteiger partial charge in [0.25, 0.3) is 0 Å². The van der Waals surface area contributed by atoms with Gasteiger partial charge >= 0.3 is 0 Å². The molecule has 1 aliphatic rings. The van der Waals surface area contributed by atoms with E-state index in [1.54, 1.807) is 0 Å². The van der Waals surface area contributed by atoms with Crippen molar-refractivity contribution in [1.82, 2.24) is 9.80 Å². The molecule has 21 heavy (non-hydrogen) atoms. The van der Waals surface area contributed by atoms with Crippen molar-refractivity contribution in [3.8, 4) is 0 Å². The normalized spacial score (nSPS) is 16.8. The van der Waals surface area contributed by atoms with Gasteiger partial charge in [-0.25, -0.2) is 0 Å². The Morgan fingerprint density at radius 2 is 2.10 bits per heavy atom. The zero-order chi connectivity index (χ0) is 15.1. The van der Waals surface area contributed by atoms with Gasteiger partial charge in [-0.1, -0.05) is 29.8 Å².